The Bertz CT molecular complexity index is 1740. The second-order valence-electron chi connectivity index (χ2n) is 23.6. The molecular weight excluding hydrogens is 1130 g/mol. The molecule has 0 radical (unpaired) electrons. The third-order valence-electron chi connectivity index (χ3n) is 14.7. The predicted molar refractivity (Wildman–Crippen MR) is 340 cm³/mol. The minimum atomic E-state index is -4.95. The first kappa shape index (κ1) is 82.5. The molecule has 3 N–H and O–H groups in total. The predicted octanol–water partition coefficient (Wildman–Crippen LogP) is 18.1. The summed E-state index contributed by atoms with van der Waals surface area (Å²) in [6.07, 6.45) is 46.9. The third-order valence-corrected chi connectivity index (χ3v) is 16.6. The number of aliphatic hydroxyl groups is 1. The van der Waals surface area contributed by atoms with E-state index in [1.165, 1.54) is 89.9 Å². The van der Waals surface area contributed by atoms with E-state index in [1.807, 2.05) is 0 Å². The van der Waals surface area contributed by atoms with Crippen molar-refractivity contribution in [2.75, 3.05) is 39.6 Å². The van der Waals surface area contributed by atoms with Crippen LogP contribution in [-0.4, -0.2) is 96.7 Å². The lowest BCUT2D eigenvalue weighted by molar-refractivity contribution is -0.161. The fourth-order valence-corrected chi connectivity index (χ4v) is 11.0. The van der Waals surface area contributed by atoms with Crippen molar-refractivity contribution >= 4 is 39.5 Å². The maximum atomic E-state index is 13.0. The summed E-state index contributed by atoms with van der Waals surface area (Å²) in [7, 11) is -9.89. The lowest BCUT2D eigenvalue weighted by atomic mass is 10.0. The van der Waals surface area contributed by atoms with Crippen molar-refractivity contribution in [3.63, 3.8) is 0 Å². The van der Waals surface area contributed by atoms with Crippen molar-refractivity contribution in [2.45, 2.75) is 329 Å². The van der Waals surface area contributed by atoms with Gasteiger partial charge in [-0.05, 0) is 57.3 Å². The van der Waals surface area contributed by atoms with Crippen LogP contribution in [-0.2, 0) is 65.4 Å². The van der Waals surface area contributed by atoms with Crippen LogP contribution in [0.3, 0.4) is 0 Å². The summed E-state index contributed by atoms with van der Waals surface area (Å²) in [5, 5.41) is 10.5. The molecule has 2 unspecified atom stereocenters. The Kier molecular flexibility index (Phi) is 57.5. The van der Waals surface area contributed by atoms with Crippen molar-refractivity contribution in [1.82, 2.24) is 0 Å². The van der Waals surface area contributed by atoms with Crippen LogP contribution >= 0.6 is 15.6 Å². The molecule has 85 heavy (non-hydrogen) atoms. The van der Waals surface area contributed by atoms with Gasteiger partial charge in [0.05, 0.1) is 26.4 Å². The molecule has 500 valence electrons. The number of ether oxygens (including phenoxy) is 4. The van der Waals surface area contributed by atoms with E-state index in [2.05, 4.69) is 58.9 Å². The molecule has 0 bridgehead atoms. The van der Waals surface area contributed by atoms with Gasteiger partial charge in [-0.25, -0.2) is 9.13 Å². The standard InChI is InChI=1S/C66H124O17P2/c1-6-9-12-15-18-19-20-21-22-25-28-31-36-40-45-50-64(69)77-56-62(83-66(71)52-47-42-37-32-29-26-23-24-27-30-35-38-43-48-59(4)5)58-81-85(74,75)79-54-60(67)53-78-84(72,73)80-57-61(82-65(70)51-46-41-34-17-14-11-8-3)55-76-63(68)49-44-39-33-16-13-10-7-2/h19-22,59-62,67H,6-18,23-58H2,1-5H3,(H,72,73)(H,74,75)/b20-19-,22-21-/t60-,61+,62+/m0/s1. The summed E-state index contributed by atoms with van der Waals surface area (Å²) in [6.45, 7) is 7.07. The Balaban J connectivity index is 5.21. The summed E-state index contributed by atoms with van der Waals surface area (Å²) in [4.78, 5) is 72.0. The lowest BCUT2D eigenvalue weighted by Gasteiger charge is -2.21. The van der Waals surface area contributed by atoms with Crippen LogP contribution in [0.1, 0.15) is 311 Å². The van der Waals surface area contributed by atoms with E-state index in [4.69, 9.17) is 37.0 Å². The highest BCUT2D eigenvalue weighted by atomic mass is 31.2. The summed E-state index contributed by atoms with van der Waals surface area (Å²) in [6, 6.07) is 0. The molecule has 0 fully saturated rings. The Morgan fingerprint density at radius 3 is 0.965 bits per heavy atom. The number of hydrogen-bond acceptors (Lipinski definition) is 15. The average Bonchev–Trinajstić information content (AvgIpc) is 3.61. The van der Waals surface area contributed by atoms with Crippen molar-refractivity contribution in [1.29, 1.82) is 0 Å². The fraction of sp³-hybridized carbons (Fsp3) is 0.879. The van der Waals surface area contributed by atoms with E-state index in [-0.39, 0.29) is 25.7 Å². The smallest absolute Gasteiger partial charge is 0.462 e. The van der Waals surface area contributed by atoms with Crippen LogP contribution in [0.5, 0.6) is 0 Å². The molecule has 0 spiro atoms. The normalized spacial score (nSPS) is 14.4. The Hall–Kier alpha value is -2.46. The number of rotatable bonds is 64. The van der Waals surface area contributed by atoms with Gasteiger partial charge in [-0.1, -0.05) is 258 Å². The monoisotopic (exact) mass is 1250 g/mol. The van der Waals surface area contributed by atoms with Gasteiger partial charge in [-0.3, -0.25) is 37.3 Å². The highest BCUT2D eigenvalue weighted by Crippen LogP contribution is 2.45. The van der Waals surface area contributed by atoms with Crippen LogP contribution in [0.4, 0.5) is 0 Å². The topological polar surface area (TPSA) is 237 Å². The SMILES string of the molecule is CCCCCC/C=C\C=C/CCCCCCCC(=O)OC[C@H](COP(=O)(O)OC[C@@H](O)COP(=O)(O)OC[C@@H](COC(=O)CCCCCCCCC)OC(=O)CCCCCCCCC)OC(=O)CCCCCCCCCCCCCCCC(C)C. The van der Waals surface area contributed by atoms with Gasteiger partial charge in [0.1, 0.15) is 19.3 Å². The van der Waals surface area contributed by atoms with Crippen LogP contribution in [0.25, 0.3) is 0 Å². The van der Waals surface area contributed by atoms with E-state index in [0.717, 1.165) is 141 Å². The van der Waals surface area contributed by atoms with Crippen molar-refractivity contribution < 1.29 is 80.2 Å². The maximum absolute atomic E-state index is 13.0. The lowest BCUT2D eigenvalue weighted by Crippen LogP contribution is -2.30. The van der Waals surface area contributed by atoms with E-state index >= 15 is 0 Å². The van der Waals surface area contributed by atoms with Gasteiger partial charge in [-0.2, -0.15) is 0 Å². The van der Waals surface area contributed by atoms with E-state index in [9.17, 15) is 43.2 Å². The number of phosphoric acid groups is 2. The fourth-order valence-electron chi connectivity index (χ4n) is 9.40. The molecule has 0 aromatic heterocycles. The molecule has 0 aromatic rings. The number of allylic oxidation sites excluding steroid dienone is 4. The van der Waals surface area contributed by atoms with Crippen LogP contribution in [0, 0.1) is 5.92 Å². The highest BCUT2D eigenvalue weighted by molar-refractivity contribution is 7.47. The van der Waals surface area contributed by atoms with E-state index in [0.29, 0.717) is 25.7 Å². The van der Waals surface area contributed by atoms with Gasteiger partial charge in [0.15, 0.2) is 12.2 Å². The van der Waals surface area contributed by atoms with Gasteiger partial charge in [0, 0.05) is 25.7 Å². The summed E-state index contributed by atoms with van der Waals surface area (Å²) in [5.74, 6) is -1.38. The van der Waals surface area contributed by atoms with Gasteiger partial charge < -0.3 is 33.8 Å². The summed E-state index contributed by atoms with van der Waals surface area (Å²) >= 11 is 0. The molecule has 19 heteroatoms. The molecule has 0 aliphatic heterocycles. The van der Waals surface area contributed by atoms with E-state index in [1.54, 1.807) is 0 Å². The molecule has 0 aliphatic rings. The number of aliphatic hydroxyl groups excluding tert-OH is 1. The van der Waals surface area contributed by atoms with Crippen LogP contribution in [0.2, 0.25) is 0 Å². The van der Waals surface area contributed by atoms with Crippen LogP contribution < -0.4 is 0 Å². The largest absolute Gasteiger partial charge is 0.472 e. The Labute approximate surface area is 516 Å². The zero-order chi connectivity index (χ0) is 62.8. The Morgan fingerprint density at radius 1 is 0.365 bits per heavy atom. The molecular formula is C66H124O17P2. The molecule has 0 saturated heterocycles. The first-order valence-corrected chi connectivity index (χ1v) is 36.9. The number of hydrogen-bond donors (Lipinski definition) is 3. The highest BCUT2D eigenvalue weighted by Gasteiger charge is 2.30. The minimum Gasteiger partial charge on any atom is -0.462 e. The molecule has 0 heterocycles. The summed E-state index contributed by atoms with van der Waals surface area (Å²) in [5.41, 5.74) is 0. The average molecular weight is 1250 g/mol. The molecule has 0 aliphatic carbocycles. The van der Waals surface area contributed by atoms with Gasteiger partial charge in [0.25, 0.3) is 0 Å². The molecule has 0 aromatic carbocycles. The second kappa shape index (κ2) is 59.2. The molecule has 0 saturated carbocycles. The van der Waals surface area contributed by atoms with Gasteiger partial charge >= 0.3 is 39.5 Å². The second-order valence-corrected chi connectivity index (χ2v) is 26.6. The number of carbonyl (C=O) groups excluding carboxylic acids is 4. The first-order valence-electron chi connectivity index (χ1n) is 34.0. The molecule has 0 rings (SSSR count). The first-order chi connectivity index (χ1) is 41.0. The number of carbonyl (C=O) groups is 4. The van der Waals surface area contributed by atoms with Crippen molar-refractivity contribution in [3.8, 4) is 0 Å². The van der Waals surface area contributed by atoms with Crippen LogP contribution in [0.15, 0.2) is 24.3 Å². The molecule has 5 atom stereocenters. The molecule has 0 amide bonds. The number of esters is 4. The van der Waals surface area contributed by atoms with E-state index < -0.39 is 97.5 Å². The minimum absolute atomic E-state index is 0.100. The Morgan fingerprint density at radius 2 is 0.635 bits per heavy atom. The van der Waals surface area contributed by atoms with Crippen molar-refractivity contribution in [2.24, 2.45) is 5.92 Å². The zero-order valence-electron chi connectivity index (χ0n) is 54.2. The number of unbranched alkanes of at least 4 members (excludes halogenated alkanes) is 33. The maximum Gasteiger partial charge on any atom is 0.472 e. The van der Waals surface area contributed by atoms with Crippen molar-refractivity contribution in [3.05, 3.63) is 24.3 Å². The summed E-state index contributed by atoms with van der Waals surface area (Å²) < 4.78 is 67.8. The zero-order valence-corrected chi connectivity index (χ0v) is 56.0. The third kappa shape index (κ3) is 60.2. The quantitative estimate of drug-likeness (QED) is 0.0169. The molecule has 17 nitrogen and oxygen atoms in total. The van der Waals surface area contributed by atoms with Gasteiger partial charge in [-0.15, -0.1) is 0 Å². The van der Waals surface area contributed by atoms with Gasteiger partial charge in [0.2, 0.25) is 0 Å². The number of phosphoric ester groups is 2.